The van der Waals surface area contributed by atoms with Crippen LogP contribution in [0.4, 0.5) is 5.13 Å². The summed E-state index contributed by atoms with van der Waals surface area (Å²) in [7, 11) is 0. The van der Waals surface area contributed by atoms with Gasteiger partial charge < -0.3 is 16.0 Å². The van der Waals surface area contributed by atoms with Crippen LogP contribution in [0.15, 0.2) is 30.5 Å². The maximum atomic E-state index is 12.2. The summed E-state index contributed by atoms with van der Waals surface area (Å²) >= 11 is 1.47. The minimum absolute atomic E-state index is 0. The Labute approximate surface area is 144 Å². The normalized spacial score (nSPS) is 12.0. The number of aromatic nitrogens is 2. The van der Waals surface area contributed by atoms with E-state index in [-0.39, 0.29) is 18.3 Å². The molecule has 0 bridgehead atoms. The van der Waals surface area contributed by atoms with Gasteiger partial charge in [0.05, 0.1) is 11.7 Å². The fourth-order valence-corrected chi connectivity index (χ4v) is 3.17. The number of nitrogens with one attached hydrogen (secondary N) is 2. The number of para-hydroxylation sites is 1. The van der Waals surface area contributed by atoms with E-state index in [1.165, 1.54) is 11.3 Å². The third kappa shape index (κ3) is 3.72. The molecule has 122 valence electrons. The van der Waals surface area contributed by atoms with E-state index in [9.17, 15) is 4.79 Å². The number of anilines is 1. The Balaban J connectivity index is 0.00000192. The number of carbonyl (C=O) groups is 1. The van der Waals surface area contributed by atoms with Crippen LogP contribution in [0, 0.1) is 13.8 Å². The zero-order valence-corrected chi connectivity index (χ0v) is 14.6. The summed E-state index contributed by atoms with van der Waals surface area (Å²) in [4.78, 5) is 20.8. The molecule has 0 radical (unpaired) electrons. The summed E-state index contributed by atoms with van der Waals surface area (Å²) in [5.74, 6) is -0.209. The number of amides is 1. The second-order valence-electron chi connectivity index (χ2n) is 5.32. The van der Waals surface area contributed by atoms with Crippen LogP contribution in [0.2, 0.25) is 0 Å². The van der Waals surface area contributed by atoms with E-state index in [1.54, 1.807) is 0 Å². The largest absolute Gasteiger partial charge is 0.361 e. The number of nitrogens with two attached hydrogens (primary N) is 1. The number of hydrogen-bond acceptors (Lipinski definition) is 4. The van der Waals surface area contributed by atoms with Crippen LogP contribution >= 0.6 is 23.7 Å². The second-order valence-corrected chi connectivity index (χ2v) is 6.52. The summed E-state index contributed by atoms with van der Waals surface area (Å²) in [6.07, 6.45) is 2.40. The van der Waals surface area contributed by atoms with E-state index < -0.39 is 6.04 Å². The van der Waals surface area contributed by atoms with Gasteiger partial charge >= 0.3 is 0 Å². The number of fused-ring (bicyclic) bond motifs is 1. The lowest BCUT2D eigenvalue weighted by atomic mass is 10.1. The van der Waals surface area contributed by atoms with Crippen molar-refractivity contribution in [3.63, 3.8) is 0 Å². The summed E-state index contributed by atoms with van der Waals surface area (Å²) < 4.78 is 0. The molecule has 5 nitrogen and oxygen atoms in total. The lowest BCUT2D eigenvalue weighted by molar-refractivity contribution is -0.117. The van der Waals surface area contributed by atoms with Crippen LogP contribution in [-0.2, 0) is 11.2 Å². The third-order valence-corrected chi connectivity index (χ3v) is 4.70. The van der Waals surface area contributed by atoms with Gasteiger partial charge in [-0.3, -0.25) is 4.79 Å². The van der Waals surface area contributed by atoms with E-state index in [4.69, 9.17) is 5.73 Å². The lowest BCUT2D eigenvalue weighted by Gasteiger charge is -2.10. The van der Waals surface area contributed by atoms with Gasteiger partial charge in [0.1, 0.15) is 0 Å². The molecule has 0 saturated heterocycles. The molecule has 1 aromatic carbocycles. The Hall–Kier alpha value is -1.89. The number of halogens is 1. The Kier molecular flexibility index (Phi) is 5.41. The molecule has 0 spiro atoms. The monoisotopic (exact) mass is 350 g/mol. The lowest BCUT2D eigenvalue weighted by Crippen LogP contribution is -2.37. The predicted octanol–water partition coefficient (Wildman–Crippen LogP) is 3.17. The average Bonchev–Trinajstić information content (AvgIpc) is 3.03. The van der Waals surface area contributed by atoms with Crippen LogP contribution < -0.4 is 11.1 Å². The van der Waals surface area contributed by atoms with Crippen molar-refractivity contribution in [3.05, 3.63) is 46.6 Å². The van der Waals surface area contributed by atoms with Crippen molar-refractivity contribution < 1.29 is 4.79 Å². The Morgan fingerprint density at radius 3 is 2.83 bits per heavy atom. The molecular formula is C16H19ClN4OS. The van der Waals surface area contributed by atoms with Crippen molar-refractivity contribution in [2.75, 3.05) is 5.32 Å². The van der Waals surface area contributed by atoms with E-state index in [1.807, 2.05) is 44.3 Å². The quantitative estimate of drug-likeness (QED) is 0.675. The van der Waals surface area contributed by atoms with Gasteiger partial charge in [-0.2, -0.15) is 0 Å². The van der Waals surface area contributed by atoms with Crippen molar-refractivity contribution in [3.8, 4) is 0 Å². The van der Waals surface area contributed by atoms with Crippen LogP contribution in [0.1, 0.15) is 16.1 Å². The standard InChI is InChI=1S/C16H18N4OS.ClH/c1-9-10(2)22-16(19-9)20-15(21)13(17)7-11-8-18-14-6-4-3-5-12(11)14;/h3-6,8,13,18H,7,17H2,1-2H3,(H,19,20,21);1H/t13-;/m0./s1. The molecule has 4 N–H and O–H groups in total. The van der Waals surface area contributed by atoms with Crippen LogP contribution in [0.5, 0.6) is 0 Å². The molecule has 3 aromatic rings. The highest BCUT2D eigenvalue weighted by atomic mass is 35.5. The number of rotatable bonds is 4. The highest BCUT2D eigenvalue weighted by molar-refractivity contribution is 7.15. The first-order valence-electron chi connectivity index (χ1n) is 7.10. The molecule has 1 atom stereocenters. The topological polar surface area (TPSA) is 83.8 Å². The zero-order valence-electron chi connectivity index (χ0n) is 12.9. The Morgan fingerprint density at radius 2 is 2.13 bits per heavy atom. The Bertz CT molecular complexity index is 807. The molecule has 0 unspecified atom stereocenters. The van der Waals surface area contributed by atoms with E-state index in [0.717, 1.165) is 27.0 Å². The van der Waals surface area contributed by atoms with Crippen LogP contribution in [0.25, 0.3) is 10.9 Å². The van der Waals surface area contributed by atoms with Crippen LogP contribution in [0.3, 0.4) is 0 Å². The molecule has 1 amide bonds. The fraction of sp³-hybridized carbons (Fsp3) is 0.250. The molecular weight excluding hydrogens is 332 g/mol. The van der Waals surface area contributed by atoms with Crippen molar-refractivity contribution in [1.29, 1.82) is 0 Å². The zero-order chi connectivity index (χ0) is 15.7. The number of hydrogen-bond donors (Lipinski definition) is 3. The van der Waals surface area contributed by atoms with Gasteiger partial charge in [0.25, 0.3) is 0 Å². The van der Waals surface area contributed by atoms with Gasteiger partial charge in [0.2, 0.25) is 5.91 Å². The van der Waals surface area contributed by atoms with Gasteiger partial charge in [0.15, 0.2) is 5.13 Å². The third-order valence-electron chi connectivity index (χ3n) is 3.71. The van der Waals surface area contributed by atoms with Gasteiger partial charge in [-0.25, -0.2) is 4.98 Å². The minimum Gasteiger partial charge on any atom is -0.361 e. The maximum Gasteiger partial charge on any atom is 0.243 e. The van der Waals surface area contributed by atoms with Gasteiger partial charge in [-0.15, -0.1) is 23.7 Å². The Morgan fingerprint density at radius 1 is 1.39 bits per heavy atom. The minimum atomic E-state index is -0.608. The first-order valence-corrected chi connectivity index (χ1v) is 7.91. The number of carbonyl (C=O) groups excluding carboxylic acids is 1. The number of aromatic amines is 1. The summed E-state index contributed by atoms with van der Waals surface area (Å²) in [5.41, 5.74) is 9.08. The smallest absolute Gasteiger partial charge is 0.243 e. The second kappa shape index (κ2) is 7.12. The predicted molar refractivity (Wildman–Crippen MR) is 97.4 cm³/mol. The van der Waals surface area contributed by atoms with Crippen LogP contribution in [-0.4, -0.2) is 21.9 Å². The van der Waals surface area contributed by atoms with E-state index in [2.05, 4.69) is 15.3 Å². The average molecular weight is 351 g/mol. The van der Waals surface area contributed by atoms with Crippen molar-refractivity contribution >= 4 is 45.7 Å². The highest BCUT2D eigenvalue weighted by Gasteiger charge is 2.17. The first kappa shape index (κ1) is 17.5. The van der Waals surface area contributed by atoms with E-state index >= 15 is 0 Å². The number of benzene rings is 1. The molecule has 2 aromatic heterocycles. The molecule has 0 aliphatic heterocycles. The molecule has 23 heavy (non-hydrogen) atoms. The molecule has 0 aliphatic carbocycles. The number of nitrogens with zero attached hydrogens (tertiary/aromatic N) is 1. The number of aryl methyl sites for hydroxylation is 2. The number of H-pyrrole nitrogens is 1. The van der Waals surface area contributed by atoms with Gasteiger partial charge in [-0.05, 0) is 31.9 Å². The fourth-order valence-electron chi connectivity index (χ4n) is 2.35. The van der Waals surface area contributed by atoms with Crippen molar-refractivity contribution in [2.24, 2.45) is 5.73 Å². The summed E-state index contributed by atoms with van der Waals surface area (Å²) in [6, 6.07) is 7.38. The number of thiazole rings is 1. The first-order chi connectivity index (χ1) is 10.5. The SMILES string of the molecule is Cc1nc(NC(=O)[C@@H](N)Cc2c[nH]c3ccccc23)sc1C.Cl. The van der Waals surface area contributed by atoms with E-state index in [0.29, 0.717) is 11.6 Å². The van der Waals surface area contributed by atoms with Gasteiger partial charge in [0, 0.05) is 22.0 Å². The molecule has 3 rings (SSSR count). The maximum absolute atomic E-state index is 12.2. The summed E-state index contributed by atoms with van der Waals surface area (Å²) in [6.45, 7) is 3.90. The highest BCUT2D eigenvalue weighted by Crippen LogP contribution is 2.22. The van der Waals surface area contributed by atoms with Crippen molar-refractivity contribution in [1.82, 2.24) is 9.97 Å². The molecule has 0 aliphatic rings. The van der Waals surface area contributed by atoms with Gasteiger partial charge in [-0.1, -0.05) is 18.2 Å². The molecule has 7 heteroatoms. The summed E-state index contributed by atoms with van der Waals surface area (Å²) in [5, 5.41) is 4.51. The molecule has 2 heterocycles. The molecule has 0 saturated carbocycles. The van der Waals surface area contributed by atoms with Crippen molar-refractivity contribution in [2.45, 2.75) is 26.3 Å². The molecule has 0 fully saturated rings.